The molecule has 0 aromatic rings. The number of rotatable bonds is 13. The quantitative estimate of drug-likeness (QED) is 0.227. The number of thiol groups is 1. The normalized spacial score (nSPS) is 16.3. The van der Waals surface area contributed by atoms with Crippen molar-refractivity contribution in [1.82, 2.24) is 16.0 Å². The molecule has 0 saturated heterocycles. The van der Waals surface area contributed by atoms with E-state index in [1.165, 1.54) is 0 Å². The van der Waals surface area contributed by atoms with Crippen molar-refractivity contribution in [2.24, 2.45) is 23.5 Å². The van der Waals surface area contributed by atoms with Gasteiger partial charge in [0, 0.05) is 5.75 Å². The Balaban J connectivity index is 5.28. The largest absolute Gasteiger partial charge is 0.480 e. The van der Waals surface area contributed by atoms with Crippen molar-refractivity contribution in [3.05, 3.63) is 0 Å². The van der Waals surface area contributed by atoms with Gasteiger partial charge in [0.2, 0.25) is 17.7 Å². The van der Waals surface area contributed by atoms with Gasteiger partial charge in [-0.25, -0.2) is 4.79 Å². The third kappa shape index (κ3) is 9.34. The number of carboxylic acids is 1. The molecule has 174 valence electrons. The molecule has 0 aliphatic rings. The van der Waals surface area contributed by atoms with Gasteiger partial charge in [0.05, 0.1) is 6.04 Å². The van der Waals surface area contributed by atoms with Gasteiger partial charge >= 0.3 is 5.97 Å². The maximum atomic E-state index is 12.8. The Hall–Kier alpha value is -1.81. The van der Waals surface area contributed by atoms with E-state index in [0.29, 0.717) is 6.42 Å². The van der Waals surface area contributed by atoms with E-state index in [9.17, 15) is 24.3 Å². The zero-order valence-corrected chi connectivity index (χ0v) is 19.7. The fourth-order valence-corrected chi connectivity index (χ4v) is 2.97. The van der Waals surface area contributed by atoms with E-state index in [1.54, 1.807) is 13.8 Å². The number of carbonyl (C=O) groups excluding carboxylic acids is 3. The molecular weight excluding hydrogens is 408 g/mol. The van der Waals surface area contributed by atoms with E-state index >= 15 is 0 Å². The first-order valence-corrected chi connectivity index (χ1v) is 11.0. The summed E-state index contributed by atoms with van der Waals surface area (Å²) in [4.78, 5) is 49.1. The highest BCUT2D eigenvalue weighted by molar-refractivity contribution is 7.80. The van der Waals surface area contributed by atoms with Crippen LogP contribution in [0.2, 0.25) is 0 Å². The van der Waals surface area contributed by atoms with Crippen LogP contribution in [0.1, 0.15) is 54.4 Å². The first kappa shape index (κ1) is 28.2. The molecule has 10 heteroatoms. The second-order valence-corrected chi connectivity index (χ2v) is 8.78. The van der Waals surface area contributed by atoms with E-state index in [-0.39, 0.29) is 23.5 Å². The monoisotopic (exact) mass is 446 g/mol. The smallest absolute Gasteiger partial charge is 0.326 e. The van der Waals surface area contributed by atoms with E-state index < -0.39 is 47.9 Å². The maximum Gasteiger partial charge on any atom is 0.326 e. The molecule has 0 radical (unpaired) electrons. The van der Waals surface area contributed by atoms with Crippen LogP contribution >= 0.6 is 12.6 Å². The Morgan fingerprint density at radius 2 is 1.40 bits per heavy atom. The van der Waals surface area contributed by atoms with Gasteiger partial charge in [-0.05, 0) is 24.2 Å². The Labute approximate surface area is 184 Å². The third-order valence-electron chi connectivity index (χ3n) is 4.95. The van der Waals surface area contributed by atoms with Crippen LogP contribution in [0.5, 0.6) is 0 Å². The number of amides is 3. The standard InChI is InChI=1S/C20H38N4O5S/c1-7-12(6)15(21)19(27)22-13(8-10(2)3)17(25)23-14(9-30)18(26)24-16(11(4)5)20(28)29/h10-16,30H,7-9,21H2,1-6H3,(H,22,27)(H,23,25)(H,24,26)(H,28,29). The van der Waals surface area contributed by atoms with Gasteiger partial charge in [-0.3, -0.25) is 14.4 Å². The molecule has 5 atom stereocenters. The predicted octanol–water partition coefficient (Wildman–Crippen LogP) is 0.531. The van der Waals surface area contributed by atoms with Crippen LogP contribution < -0.4 is 21.7 Å². The molecule has 30 heavy (non-hydrogen) atoms. The summed E-state index contributed by atoms with van der Waals surface area (Å²) in [6.07, 6.45) is 1.08. The molecular formula is C20H38N4O5S. The summed E-state index contributed by atoms with van der Waals surface area (Å²) in [5.74, 6) is -3.10. The molecule has 0 bridgehead atoms. The van der Waals surface area contributed by atoms with Crippen LogP contribution in [0.4, 0.5) is 0 Å². The molecule has 0 aromatic heterocycles. The second kappa shape index (κ2) is 13.5. The minimum absolute atomic E-state index is 0.0310. The van der Waals surface area contributed by atoms with Gasteiger partial charge in [-0.15, -0.1) is 0 Å². The highest BCUT2D eigenvalue weighted by Crippen LogP contribution is 2.10. The molecule has 0 aromatic carbocycles. The molecule has 0 rings (SSSR count). The number of nitrogens with one attached hydrogen (secondary N) is 3. The van der Waals surface area contributed by atoms with E-state index in [0.717, 1.165) is 6.42 Å². The van der Waals surface area contributed by atoms with Crippen LogP contribution in [0.15, 0.2) is 0 Å². The number of hydrogen-bond acceptors (Lipinski definition) is 6. The zero-order chi connectivity index (χ0) is 23.6. The summed E-state index contributed by atoms with van der Waals surface area (Å²) in [5.41, 5.74) is 5.96. The van der Waals surface area contributed by atoms with Crippen LogP contribution in [0, 0.1) is 17.8 Å². The first-order valence-electron chi connectivity index (χ1n) is 10.4. The van der Waals surface area contributed by atoms with Gasteiger partial charge in [0.1, 0.15) is 18.1 Å². The molecule has 6 N–H and O–H groups in total. The molecule has 3 amide bonds. The Morgan fingerprint density at radius 1 is 0.900 bits per heavy atom. The highest BCUT2D eigenvalue weighted by Gasteiger charge is 2.31. The minimum Gasteiger partial charge on any atom is -0.480 e. The van der Waals surface area contributed by atoms with Gasteiger partial charge < -0.3 is 26.8 Å². The van der Waals surface area contributed by atoms with Crippen molar-refractivity contribution in [1.29, 1.82) is 0 Å². The molecule has 0 spiro atoms. The average Bonchev–Trinajstić information content (AvgIpc) is 2.66. The Bertz CT molecular complexity index is 600. The van der Waals surface area contributed by atoms with Crippen molar-refractivity contribution in [2.45, 2.75) is 78.6 Å². The Morgan fingerprint density at radius 3 is 1.80 bits per heavy atom. The number of hydrogen-bond donors (Lipinski definition) is 6. The van der Waals surface area contributed by atoms with Crippen LogP contribution in [0.3, 0.4) is 0 Å². The molecule has 0 aliphatic carbocycles. The second-order valence-electron chi connectivity index (χ2n) is 8.41. The first-order chi connectivity index (χ1) is 13.8. The molecule has 9 nitrogen and oxygen atoms in total. The lowest BCUT2D eigenvalue weighted by molar-refractivity contribution is -0.143. The summed E-state index contributed by atoms with van der Waals surface area (Å²) in [7, 11) is 0. The van der Waals surface area contributed by atoms with Crippen molar-refractivity contribution in [3.8, 4) is 0 Å². The lowest BCUT2D eigenvalue weighted by atomic mass is 9.97. The van der Waals surface area contributed by atoms with Gasteiger partial charge in [0.15, 0.2) is 0 Å². The summed E-state index contributed by atoms with van der Waals surface area (Å²) in [6.45, 7) is 10.9. The van der Waals surface area contributed by atoms with E-state index in [2.05, 4.69) is 28.6 Å². The Kier molecular flexibility index (Phi) is 12.7. The lowest BCUT2D eigenvalue weighted by Gasteiger charge is -2.26. The van der Waals surface area contributed by atoms with Gasteiger partial charge in [-0.1, -0.05) is 48.0 Å². The molecule has 0 aliphatic heterocycles. The predicted molar refractivity (Wildman–Crippen MR) is 119 cm³/mol. The third-order valence-corrected chi connectivity index (χ3v) is 5.31. The van der Waals surface area contributed by atoms with E-state index in [1.807, 2.05) is 27.7 Å². The van der Waals surface area contributed by atoms with Crippen LogP contribution in [-0.2, 0) is 19.2 Å². The van der Waals surface area contributed by atoms with Crippen molar-refractivity contribution >= 4 is 36.3 Å². The summed E-state index contributed by atoms with van der Waals surface area (Å²) in [6, 6.07) is -3.75. The topological polar surface area (TPSA) is 151 Å². The fraction of sp³-hybridized carbons (Fsp3) is 0.800. The summed E-state index contributed by atoms with van der Waals surface area (Å²) in [5, 5.41) is 16.9. The zero-order valence-electron chi connectivity index (χ0n) is 18.8. The van der Waals surface area contributed by atoms with Crippen molar-refractivity contribution < 1.29 is 24.3 Å². The number of carbonyl (C=O) groups is 4. The van der Waals surface area contributed by atoms with Gasteiger partial charge in [0.25, 0.3) is 0 Å². The van der Waals surface area contributed by atoms with E-state index in [4.69, 9.17) is 5.73 Å². The average molecular weight is 447 g/mol. The minimum atomic E-state index is -1.16. The van der Waals surface area contributed by atoms with Crippen molar-refractivity contribution in [3.63, 3.8) is 0 Å². The molecule has 5 unspecified atom stereocenters. The van der Waals surface area contributed by atoms with Crippen molar-refractivity contribution in [2.75, 3.05) is 5.75 Å². The van der Waals surface area contributed by atoms with Crippen LogP contribution in [0.25, 0.3) is 0 Å². The number of aliphatic carboxylic acids is 1. The number of nitrogens with two attached hydrogens (primary N) is 1. The number of carboxylic acid groups (broad SMARTS) is 1. The maximum absolute atomic E-state index is 12.8. The molecule has 0 fully saturated rings. The SMILES string of the molecule is CCC(C)C(N)C(=O)NC(CC(C)C)C(=O)NC(CS)C(=O)NC(C(=O)O)C(C)C. The van der Waals surface area contributed by atoms with Crippen LogP contribution in [-0.4, -0.2) is 58.7 Å². The summed E-state index contributed by atoms with van der Waals surface area (Å²) >= 11 is 4.11. The lowest BCUT2D eigenvalue weighted by Crippen LogP contribution is -2.58. The highest BCUT2D eigenvalue weighted by atomic mass is 32.1. The molecule has 0 saturated carbocycles. The fourth-order valence-electron chi connectivity index (χ4n) is 2.72. The summed E-state index contributed by atoms with van der Waals surface area (Å²) < 4.78 is 0. The molecule has 0 heterocycles. The van der Waals surface area contributed by atoms with Gasteiger partial charge in [-0.2, -0.15) is 12.6 Å².